The van der Waals surface area contributed by atoms with Gasteiger partial charge in [0.2, 0.25) is 5.91 Å². The minimum absolute atomic E-state index is 0.0451. The Morgan fingerprint density at radius 2 is 1.45 bits per heavy atom. The first-order valence-electron chi connectivity index (χ1n) is 12.6. The standard InChI is InChI=1S/C28H32N2O8/c1-3-5-15-37-27(34)19-6-10-22(11-7-19)29-24(31)18-38-28(35)21-16-25(32)30(17-21)23-12-8-20(9-13-23)26(33)36-14-4-2/h6-13,21H,3-5,14-18H2,1-2H3,(H,29,31)/t21-/m0/s1. The molecule has 0 unspecified atom stereocenters. The zero-order chi connectivity index (χ0) is 27.5. The molecule has 0 spiro atoms. The Morgan fingerprint density at radius 3 is 2.05 bits per heavy atom. The molecular formula is C28H32N2O8. The molecule has 202 valence electrons. The van der Waals surface area contributed by atoms with Crippen LogP contribution in [0.2, 0.25) is 0 Å². The Hall–Kier alpha value is -4.21. The van der Waals surface area contributed by atoms with Gasteiger partial charge in [0.05, 0.1) is 30.3 Å². The minimum Gasteiger partial charge on any atom is -0.462 e. The number of carbonyl (C=O) groups excluding carboxylic acids is 5. The molecule has 1 heterocycles. The first-order valence-corrected chi connectivity index (χ1v) is 12.6. The summed E-state index contributed by atoms with van der Waals surface area (Å²) in [5.74, 6) is -3.06. The lowest BCUT2D eigenvalue weighted by Gasteiger charge is -2.17. The number of unbranched alkanes of at least 4 members (excludes halogenated alkanes) is 1. The average molecular weight is 525 g/mol. The van der Waals surface area contributed by atoms with Gasteiger partial charge >= 0.3 is 17.9 Å². The number of ether oxygens (including phenoxy) is 3. The third kappa shape index (κ3) is 7.89. The van der Waals surface area contributed by atoms with E-state index in [2.05, 4.69) is 5.32 Å². The number of amides is 2. The van der Waals surface area contributed by atoms with Crippen molar-refractivity contribution in [3.05, 3.63) is 59.7 Å². The second-order valence-corrected chi connectivity index (χ2v) is 8.81. The first kappa shape index (κ1) is 28.4. The van der Waals surface area contributed by atoms with E-state index in [0.29, 0.717) is 35.7 Å². The Kier molecular flexibility index (Phi) is 10.4. The van der Waals surface area contributed by atoms with Crippen LogP contribution in [-0.4, -0.2) is 56.1 Å². The van der Waals surface area contributed by atoms with Gasteiger partial charge in [0, 0.05) is 24.3 Å². The average Bonchev–Trinajstić information content (AvgIpc) is 3.32. The summed E-state index contributed by atoms with van der Waals surface area (Å²) >= 11 is 0. The van der Waals surface area contributed by atoms with Crippen molar-refractivity contribution in [3.8, 4) is 0 Å². The number of hydrogen-bond acceptors (Lipinski definition) is 8. The molecule has 0 bridgehead atoms. The number of anilines is 2. The summed E-state index contributed by atoms with van der Waals surface area (Å²) in [4.78, 5) is 62.6. The summed E-state index contributed by atoms with van der Waals surface area (Å²) in [7, 11) is 0. The second-order valence-electron chi connectivity index (χ2n) is 8.81. The highest BCUT2D eigenvalue weighted by atomic mass is 16.5. The van der Waals surface area contributed by atoms with Gasteiger partial charge in [0.1, 0.15) is 0 Å². The molecule has 0 aliphatic carbocycles. The zero-order valence-electron chi connectivity index (χ0n) is 21.6. The van der Waals surface area contributed by atoms with Crippen molar-refractivity contribution in [2.45, 2.75) is 39.5 Å². The molecule has 0 radical (unpaired) electrons. The van der Waals surface area contributed by atoms with Crippen molar-refractivity contribution in [1.82, 2.24) is 0 Å². The van der Waals surface area contributed by atoms with Crippen LogP contribution in [0.3, 0.4) is 0 Å². The topological polar surface area (TPSA) is 128 Å². The molecule has 0 saturated carbocycles. The van der Waals surface area contributed by atoms with Gasteiger partial charge in [-0.15, -0.1) is 0 Å². The smallest absolute Gasteiger partial charge is 0.338 e. The van der Waals surface area contributed by atoms with Crippen LogP contribution in [0.15, 0.2) is 48.5 Å². The van der Waals surface area contributed by atoms with E-state index >= 15 is 0 Å². The third-order valence-electron chi connectivity index (χ3n) is 5.79. The molecule has 1 N–H and O–H groups in total. The normalized spacial score (nSPS) is 14.6. The molecule has 1 atom stereocenters. The van der Waals surface area contributed by atoms with Crippen molar-refractivity contribution < 1.29 is 38.2 Å². The van der Waals surface area contributed by atoms with Crippen LogP contribution in [0.25, 0.3) is 0 Å². The lowest BCUT2D eigenvalue weighted by atomic mass is 10.1. The number of esters is 3. The van der Waals surface area contributed by atoms with Crippen molar-refractivity contribution in [2.75, 3.05) is 36.6 Å². The number of nitrogens with one attached hydrogen (secondary N) is 1. The van der Waals surface area contributed by atoms with E-state index in [1.165, 1.54) is 17.0 Å². The summed E-state index contributed by atoms with van der Waals surface area (Å²) in [6, 6.07) is 12.6. The Labute approximate surface area is 221 Å². The van der Waals surface area contributed by atoms with E-state index in [1.807, 2.05) is 13.8 Å². The van der Waals surface area contributed by atoms with Gasteiger partial charge in [-0.25, -0.2) is 9.59 Å². The van der Waals surface area contributed by atoms with Gasteiger partial charge in [-0.3, -0.25) is 14.4 Å². The van der Waals surface area contributed by atoms with Gasteiger partial charge in [0.25, 0.3) is 5.91 Å². The van der Waals surface area contributed by atoms with Crippen molar-refractivity contribution in [3.63, 3.8) is 0 Å². The number of nitrogens with zero attached hydrogens (tertiary/aromatic N) is 1. The van der Waals surface area contributed by atoms with E-state index in [0.717, 1.165) is 19.3 Å². The van der Waals surface area contributed by atoms with Crippen molar-refractivity contribution in [1.29, 1.82) is 0 Å². The maximum absolute atomic E-state index is 12.5. The van der Waals surface area contributed by atoms with E-state index in [9.17, 15) is 24.0 Å². The van der Waals surface area contributed by atoms with E-state index < -0.39 is 36.3 Å². The van der Waals surface area contributed by atoms with Crippen LogP contribution in [0.1, 0.15) is 60.2 Å². The summed E-state index contributed by atoms with van der Waals surface area (Å²) in [6.45, 7) is 4.17. The predicted molar refractivity (Wildman–Crippen MR) is 139 cm³/mol. The maximum Gasteiger partial charge on any atom is 0.338 e. The summed E-state index contributed by atoms with van der Waals surface area (Å²) in [5.41, 5.74) is 1.72. The Bertz CT molecular complexity index is 1140. The molecule has 2 amide bonds. The van der Waals surface area contributed by atoms with Crippen molar-refractivity contribution in [2.24, 2.45) is 5.92 Å². The van der Waals surface area contributed by atoms with Gasteiger partial charge < -0.3 is 24.4 Å². The lowest BCUT2D eigenvalue weighted by molar-refractivity contribution is -0.151. The molecule has 0 aromatic heterocycles. The largest absolute Gasteiger partial charge is 0.462 e. The highest BCUT2D eigenvalue weighted by Gasteiger charge is 2.36. The number of rotatable bonds is 12. The molecule has 3 rings (SSSR count). The van der Waals surface area contributed by atoms with Gasteiger partial charge in [0.15, 0.2) is 6.61 Å². The highest BCUT2D eigenvalue weighted by molar-refractivity contribution is 6.00. The second kappa shape index (κ2) is 13.9. The molecule has 1 saturated heterocycles. The summed E-state index contributed by atoms with van der Waals surface area (Å²) in [5, 5.41) is 2.59. The Morgan fingerprint density at radius 1 is 0.842 bits per heavy atom. The van der Waals surface area contributed by atoms with Crippen LogP contribution in [0.4, 0.5) is 11.4 Å². The molecule has 1 aliphatic rings. The molecule has 2 aromatic carbocycles. The number of carbonyl (C=O) groups is 5. The van der Waals surface area contributed by atoms with Crippen LogP contribution in [0.5, 0.6) is 0 Å². The Balaban J connectivity index is 1.45. The van der Waals surface area contributed by atoms with Crippen LogP contribution < -0.4 is 10.2 Å². The van der Waals surface area contributed by atoms with E-state index in [1.54, 1.807) is 36.4 Å². The molecule has 1 aliphatic heterocycles. The molecular weight excluding hydrogens is 492 g/mol. The molecule has 2 aromatic rings. The van der Waals surface area contributed by atoms with Crippen LogP contribution >= 0.6 is 0 Å². The van der Waals surface area contributed by atoms with Crippen LogP contribution in [-0.2, 0) is 28.6 Å². The SMILES string of the molecule is CCCCOC(=O)c1ccc(NC(=O)COC(=O)[C@H]2CC(=O)N(c3ccc(C(=O)OCCC)cc3)C2)cc1. The number of benzene rings is 2. The third-order valence-corrected chi connectivity index (χ3v) is 5.79. The molecule has 10 heteroatoms. The predicted octanol–water partition coefficient (Wildman–Crippen LogP) is 3.75. The van der Waals surface area contributed by atoms with Crippen LogP contribution in [0, 0.1) is 5.92 Å². The first-order chi connectivity index (χ1) is 18.3. The summed E-state index contributed by atoms with van der Waals surface area (Å²) in [6.07, 6.45) is 2.38. The highest BCUT2D eigenvalue weighted by Crippen LogP contribution is 2.26. The fourth-order valence-electron chi connectivity index (χ4n) is 3.70. The molecule has 38 heavy (non-hydrogen) atoms. The minimum atomic E-state index is -0.720. The lowest BCUT2D eigenvalue weighted by Crippen LogP contribution is -2.28. The fraction of sp³-hybridized carbons (Fsp3) is 0.393. The monoisotopic (exact) mass is 524 g/mol. The van der Waals surface area contributed by atoms with E-state index in [-0.39, 0.29) is 18.9 Å². The van der Waals surface area contributed by atoms with Gasteiger partial charge in [-0.2, -0.15) is 0 Å². The van der Waals surface area contributed by atoms with Gasteiger partial charge in [-0.05, 0) is 61.4 Å². The number of hydrogen-bond donors (Lipinski definition) is 1. The fourth-order valence-corrected chi connectivity index (χ4v) is 3.70. The van der Waals surface area contributed by atoms with Gasteiger partial charge in [-0.1, -0.05) is 20.3 Å². The molecule has 1 fully saturated rings. The molecule has 10 nitrogen and oxygen atoms in total. The quantitative estimate of drug-likeness (QED) is 0.253. The van der Waals surface area contributed by atoms with Crippen molar-refractivity contribution >= 4 is 41.1 Å². The maximum atomic E-state index is 12.5. The summed E-state index contributed by atoms with van der Waals surface area (Å²) < 4.78 is 15.4. The zero-order valence-corrected chi connectivity index (χ0v) is 21.6. The van der Waals surface area contributed by atoms with E-state index in [4.69, 9.17) is 14.2 Å².